The molecule has 268 valence electrons. The summed E-state index contributed by atoms with van der Waals surface area (Å²) in [6, 6.07) is 15.7. The fraction of sp³-hybridized carbons (Fsp3) is 0.634. The molecule has 0 saturated carbocycles. The highest BCUT2D eigenvalue weighted by Crippen LogP contribution is 2.39. The number of benzene rings is 2. The van der Waals surface area contributed by atoms with Gasteiger partial charge >= 0.3 is 0 Å². The first kappa shape index (κ1) is 40.6. The van der Waals surface area contributed by atoms with Crippen molar-refractivity contribution < 1.29 is 23.1 Å². The lowest BCUT2D eigenvalue weighted by Gasteiger charge is -2.37. The van der Waals surface area contributed by atoms with Crippen molar-refractivity contribution in [1.29, 1.82) is 0 Å². The van der Waals surface area contributed by atoms with E-state index in [0.29, 0.717) is 26.2 Å². The standard InChI is InChI=1S/C41H66O5Si2/c1-39(2,3)47(9,10)44-30-35-26-25-34(29-36(35)31-45-48(11,12)40(4,5)6)24-23-33-21-19-32(20-22-33)17-14-13-15-27-41(7,8)46-38-37(42)18-16-28-43-38/h19-26,29,38H,13-18,27-28,30-31H2,1-12H3. The summed E-state index contributed by atoms with van der Waals surface area (Å²) in [5.74, 6) is 0.0737. The number of hydrogen-bond acceptors (Lipinski definition) is 5. The molecule has 2 aromatic carbocycles. The maximum atomic E-state index is 12.1. The summed E-state index contributed by atoms with van der Waals surface area (Å²) in [6.07, 6.45) is 10.4. The molecule has 0 aromatic heterocycles. The van der Waals surface area contributed by atoms with Crippen LogP contribution in [0.25, 0.3) is 12.2 Å². The zero-order chi connectivity index (χ0) is 35.8. The molecule has 48 heavy (non-hydrogen) atoms. The number of ketones is 1. The number of carbonyl (C=O) groups is 1. The molecule has 0 spiro atoms. The van der Waals surface area contributed by atoms with E-state index >= 15 is 0 Å². The Kier molecular flexibility index (Phi) is 14.3. The summed E-state index contributed by atoms with van der Waals surface area (Å²) < 4.78 is 24.9. The molecule has 0 bridgehead atoms. The fourth-order valence-corrected chi connectivity index (χ4v) is 7.01. The maximum Gasteiger partial charge on any atom is 0.218 e. The van der Waals surface area contributed by atoms with Crippen LogP contribution < -0.4 is 0 Å². The smallest absolute Gasteiger partial charge is 0.218 e. The minimum atomic E-state index is -1.90. The zero-order valence-electron chi connectivity index (χ0n) is 32.4. The highest BCUT2D eigenvalue weighted by Gasteiger charge is 2.38. The largest absolute Gasteiger partial charge is 0.413 e. The van der Waals surface area contributed by atoms with E-state index in [9.17, 15) is 4.79 Å². The van der Waals surface area contributed by atoms with Gasteiger partial charge in [0.05, 0.1) is 25.4 Å². The molecular weight excluding hydrogens is 629 g/mol. The average molecular weight is 695 g/mol. The number of carbonyl (C=O) groups excluding carboxylic acids is 1. The quantitative estimate of drug-likeness (QED) is 0.0994. The second kappa shape index (κ2) is 16.9. The summed E-state index contributed by atoms with van der Waals surface area (Å²) in [5, 5.41) is 0.330. The van der Waals surface area contributed by atoms with Crippen LogP contribution in [0.15, 0.2) is 42.5 Å². The predicted octanol–water partition coefficient (Wildman–Crippen LogP) is 11.5. The lowest BCUT2D eigenvalue weighted by atomic mass is 9.98. The molecule has 1 saturated heterocycles. The molecule has 1 aliphatic heterocycles. The Balaban J connectivity index is 1.57. The molecule has 3 rings (SSSR count). The Hall–Kier alpha value is -1.88. The number of hydrogen-bond donors (Lipinski definition) is 0. The number of aryl methyl sites for hydroxylation is 1. The third-order valence-corrected chi connectivity index (χ3v) is 19.7. The number of rotatable bonds is 16. The van der Waals surface area contributed by atoms with Crippen molar-refractivity contribution in [2.24, 2.45) is 0 Å². The van der Waals surface area contributed by atoms with Crippen LogP contribution in [-0.4, -0.2) is 40.9 Å². The predicted molar refractivity (Wildman–Crippen MR) is 207 cm³/mol. The van der Waals surface area contributed by atoms with Crippen molar-refractivity contribution in [1.82, 2.24) is 0 Å². The van der Waals surface area contributed by atoms with Gasteiger partial charge in [-0.2, -0.15) is 0 Å². The van der Waals surface area contributed by atoms with Gasteiger partial charge in [-0.3, -0.25) is 4.79 Å². The Morgan fingerprint density at radius 1 is 0.750 bits per heavy atom. The van der Waals surface area contributed by atoms with Gasteiger partial charge in [0.1, 0.15) is 0 Å². The van der Waals surface area contributed by atoms with Crippen LogP contribution in [-0.2, 0) is 42.8 Å². The molecule has 1 unspecified atom stereocenters. The van der Waals surface area contributed by atoms with Crippen LogP contribution in [0, 0.1) is 0 Å². The summed E-state index contributed by atoms with van der Waals surface area (Å²) in [4.78, 5) is 12.1. The molecule has 0 radical (unpaired) electrons. The van der Waals surface area contributed by atoms with E-state index in [0.717, 1.165) is 38.5 Å². The highest BCUT2D eigenvalue weighted by atomic mass is 28.4. The van der Waals surface area contributed by atoms with Crippen molar-refractivity contribution >= 4 is 34.6 Å². The zero-order valence-corrected chi connectivity index (χ0v) is 34.4. The van der Waals surface area contributed by atoms with Gasteiger partial charge in [0.2, 0.25) is 6.29 Å². The topological polar surface area (TPSA) is 54.0 Å². The summed E-state index contributed by atoms with van der Waals surface area (Å²) >= 11 is 0. The van der Waals surface area contributed by atoms with Gasteiger partial charge in [-0.1, -0.05) is 103 Å². The van der Waals surface area contributed by atoms with Crippen LogP contribution >= 0.6 is 0 Å². The first-order valence-corrected chi connectivity index (χ1v) is 24.0. The maximum absolute atomic E-state index is 12.1. The third kappa shape index (κ3) is 12.5. The van der Waals surface area contributed by atoms with Crippen molar-refractivity contribution in [2.45, 2.75) is 162 Å². The second-order valence-corrected chi connectivity index (χ2v) is 27.0. The van der Waals surface area contributed by atoms with E-state index in [2.05, 4.69) is 136 Å². The molecule has 1 fully saturated rings. The van der Waals surface area contributed by atoms with E-state index in [1.807, 2.05) is 0 Å². The fourth-order valence-electron chi connectivity index (χ4n) is 5.11. The summed E-state index contributed by atoms with van der Waals surface area (Å²) in [5.41, 5.74) is 5.83. The summed E-state index contributed by atoms with van der Waals surface area (Å²) in [7, 11) is -3.77. The SMILES string of the molecule is CC(C)(CCCCCc1ccc(C=Cc2ccc(CO[Si](C)(C)C(C)(C)C)c(CO[Si](C)(C)C(C)(C)C)c2)cc1)OC1OCCCC1=O. The van der Waals surface area contributed by atoms with Crippen LogP contribution in [0.2, 0.25) is 36.3 Å². The molecule has 0 aliphatic carbocycles. The first-order valence-electron chi connectivity index (χ1n) is 18.2. The van der Waals surface area contributed by atoms with Gasteiger partial charge in [0, 0.05) is 6.42 Å². The third-order valence-electron chi connectivity index (χ3n) is 10.7. The average Bonchev–Trinajstić information content (AvgIpc) is 2.98. The first-order chi connectivity index (χ1) is 22.2. The molecule has 2 aromatic rings. The minimum absolute atomic E-state index is 0.0737. The van der Waals surface area contributed by atoms with Crippen molar-refractivity contribution in [3.63, 3.8) is 0 Å². The van der Waals surface area contributed by atoms with Crippen LogP contribution in [0.4, 0.5) is 0 Å². The normalized spacial score (nSPS) is 17.0. The van der Waals surface area contributed by atoms with Gasteiger partial charge in [0.15, 0.2) is 22.4 Å². The van der Waals surface area contributed by atoms with Gasteiger partial charge < -0.3 is 18.3 Å². The van der Waals surface area contributed by atoms with E-state index in [1.54, 1.807) is 0 Å². The lowest BCUT2D eigenvalue weighted by molar-refractivity contribution is -0.212. The number of Topliss-reactive ketones (excluding diaryl/α,β-unsaturated/α-hetero) is 1. The molecule has 5 nitrogen and oxygen atoms in total. The van der Waals surface area contributed by atoms with E-state index < -0.39 is 22.9 Å². The summed E-state index contributed by atoms with van der Waals surface area (Å²) in [6.45, 7) is 29.0. The molecule has 7 heteroatoms. The Morgan fingerprint density at radius 3 is 1.90 bits per heavy atom. The van der Waals surface area contributed by atoms with Crippen molar-refractivity contribution in [3.8, 4) is 0 Å². The van der Waals surface area contributed by atoms with E-state index in [4.69, 9.17) is 18.3 Å². The Bertz CT molecular complexity index is 1350. The van der Waals surface area contributed by atoms with Gasteiger partial charge in [0.25, 0.3) is 0 Å². The Labute approximate surface area is 295 Å². The second-order valence-electron chi connectivity index (χ2n) is 17.4. The highest BCUT2D eigenvalue weighted by molar-refractivity contribution is 6.74. The lowest BCUT2D eigenvalue weighted by Crippen LogP contribution is -2.41. The van der Waals surface area contributed by atoms with Crippen LogP contribution in [0.1, 0.15) is 122 Å². The van der Waals surface area contributed by atoms with Gasteiger partial charge in [-0.05, 0) is 110 Å². The van der Waals surface area contributed by atoms with Crippen LogP contribution in [0.5, 0.6) is 0 Å². The molecule has 1 heterocycles. The monoisotopic (exact) mass is 694 g/mol. The molecule has 0 N–H and O–H groups in total. The Morgan fingerprint density at radius 2 is 1.31 bits per heavy atom. The van der Waals surface area contributed by atoms with Gasteiger partial charge in [-0.15, -0.1) is 0 Å². The van der Waals surface area contributed by atoms with Crippen molar-refractivity contribution in [3.05, 3.63) is 70.3 Å². The van der Waals surface area contributed by atoms with Crippen molar-refractivity contribution in [2.75, 3.05) is 6.61 Å². The molecule has 1 atom stereocenters. The molecule has 0 amide bonds. The van der Waals surface area contributed by atoms with E-state index in [1.165, 1.54) is 27.8 Å². The number of ether oxygens (including phenoxy) is 2. The van der Waals surface area contributed by atoms with E-state index in [-0.39, 0.29) is 21.5 Å². The minimum Gasteiger partial charge on any atom is -0.413 e. The molecular formula is C41H66O5Si2. The number of unbranched alkanes of at least 4 members (excludes halogenated alkanes) is 2. The molecule has 1 aliphatic rings. The van der Waals surface area contributed by atoms with Crippen LogP contribution in [0.3, 0.4) is 0 Å². The van der Waals surface area contributed by atoms with Gasteiger partial charge in [-0.25, -0.2) is 0 Å².